The normalized spacial score (nSPS) is 11.3. The van der Waals surface area contributed by atoms with Gasteiger partial charge in [0.05, 0.1) is 77.3 Å². The maximum Gasteiger partial charge on any atom is 0.417 e. The Morgan fingerprint density at radius 1 is 0.606 bits per heavy atom. The Labute approximate surface area is 582 Å². The van der Waals surface area contributed by atoms with Gasteiger partial charge in [-0.1, -0.05) is 136 Å². The molecular weight excluding hydrogens is 1430 g/mol. The molecular formula is C63H51Cl5F3N7O11S5. The van der Waals surface area contributed by atoms with E-state index in [1.165, 1.54) is 24.0 Å². The molecule has 0 radical (unpaired) electrons. The second kappa shape index (κ2) is 37.1. The largest absolute Gasteiger partial charge is 0.481 e. The van der Waals surface area contributed by atoms with Crippen molar-refractivity contribution in [3.8, 4) is 23.3 Å². The van der Waals surface area contributed by atoms with Crippen LogP contribution < -0.4 is 0 Å². The Morgan fingerprint density at radius 2 is 1.15 bits per heavy atom. The van der Waals surface area contributed by atoms with E-state index in [1.54, 1.807) is 62.4 Å². The van der Waals surface area contributed by atoms with E-state index < -0.39 is 41.6 Å². The molecule has 1 aliphatic rings. The van der Waals surface area contributed by atoms with Crippen LogP contribution in [0.2, 0.25) is 25.1 Å². The van der Waals surface area contributed by atoms with Gasteiger partial charge in [-0.25, -0.2) is 24.7 Å². The highest BCUT2D eigenvalue weighted by atomic mass is 35.5. The Hall–Kier alpha value is -7.34. The summed E-state index contributed by atoms with van der Waals surface area (Å²) in [6, 6.07) is 29.3. The second-order valence-electron chi connectivity index (χ2n) is 19.2. The first kappa shape index (κ1) is 77.4. The number of aromatic nitrogens is 5. The summed E-state index contributed by atoms with van der Waals surface area (Å²) in [5.41, 5.74) is 7.04. The number of aliphatic carboxylic acids is 4. The van der Waals surface area contributed by atoms with Gasteiger partial charge in [-0.3, -0.25) is 29.0 Å². The molecule has 0 amide bonds. The maximum absolute atomic E-state index is 12.2. The van der Waals surface area contributed by atoms with E-state index in [4.69, 9.17) is 88.8 Å². The number of ketones is 1. The summed E-state index contributed by atoms with van der Waals surface area (Å²) >= 11 is 34.7. The minimum atomic E-state index is -4.51. The number of alkyl halides is 3. The number of fused-ring (bicyclic) bond motifs is 1. The van der Waals surface area contributed by atoms with Crippen LogP contribution in [0.3, 0.4) is 0 Å². The van der Waals surface area contributed by atoms with Crippen LogP contribution in [0, 0.1) is 43.4 Å². The fraction of sp³-hybridized carbons (Fsp3) is 0.222. The number of aromatic carboxylic acids is 1. The summed E-state index contributed by atoms with van der Waals surface area (Å²) in [6.07, 6.45) is 0.609. The number of rotatable bonds is 20. The van der Waals surface area contributed by atoms with E-state index in [0.29, 0.717) is 75.2 Å². The van der Waals surface area contributed by atoms with Crippen molar-refractivity contribution >= 4 is 163 Å². The lowest BCUT2D eigenvalue weighted by atomic mass is 10.0. The van der Waals surface area contributed by atoms with Crippen molar-refractivity contribution in [2.75, 3.05) is 28.8 Å². The number of carboxylic acid groups (broad SMARTS) is 5. The van der Waals surface area contributed by atoms with Crippen LogP contribution in [-0.2, 0) is 31.8 Å². The van der Waals surface area contributed by atoms with Gasteiger partial charge >= 0.3 is 36.0 Å². The first-order chi connectivity index (χ1) is 44.5. The molecule has 3 aromatic carbocycles. The monoisotopic (exact) mass is 1470 g/mol. The average molecular weight is 1480 g/mol. The van der Waals surface area contributed by atoms with Gasteiger partial charge < -0.3 is 25.5 Å². The van der Waals surface area contributed by atoms with Gasteiger partial charge in [0.15, 0.2) is 5.78 Å². The van der Waals surface area contributed by atoms with E-state index in [-0.39, 0.29) is 50.2 Å². The Morgan fingerprint density at radius 3 is 1.67 bits per heavy atom. The van der Waals surface area contributed by atoms with E-state index in [9.17, 15) is 47.2 Å². The van der Waals surface area contributed by atoms with Crippen molar-refractivity contribution in [3.05, 3.63) is 185 Å². The molecule has 94 heavy (non-hydrogen) atoms. The van der Waals surface area contributed by atoms with Gasteiger partial charge in [-0.2, -0.15) is 23.7 Å². The molecule has 0 saturated heterocycles. The highest BCUT2D eigenvalue weighted by Crippen LogP contribution is 2.43. The lowest BCUT2D eigenvalue weighted by molar-refractivity contribution is -0.138. The summed E-state index contributed by atoms with van der Waals surface area (Å²) in [5, 5.41) is 66.5. The zero-order chi connectivity index (χ0) is 69.6. The summed E-state index contributed by atoms with van der Waals surface area (Å²) in [7, 11) is 0. The van der Waals surface area contributed by atoms with E-state index in [2.05, 4.69) is 31.0 Å². The number of halogens is 8. The number of carboxylic acids is 5. The third-order valence-electron chi connectivity index (χ3n) is 12.4. The van der Waals surface area contributed by atoms with Crippen molar-refractivity contribution in [1.82, 2.24) is 24.9 Å². The Bertz CT molecular complexity index is 4210. The van der Waals surface area contributed by atoms with Crippen molar-refractivity contribution in [1.29, 1.82) is 10.5 Å². The number of pyridine rings is 5. The predicted molar refractivity (Wildman–Crippen MR) is 361 cm³/mol. The van der Waals surface area contributed by atoms with Crippen LogP contribution in [0.15, 0.2) is 128 Å². The van der Waals surface area contributed by atoms with Crippen molar-refractivity contribution in [2.24, 2.45) is 0 Å². The van der Waals surface area contributed by atoms with Crippen LogP contribution in [0.1, 0.15) is 91.3 Å². The number of hydrogen-bond acceptors (Lipinski definition) is 18. The van der Waals surface area contributed by atoms with Crippen molar-refractivity contribution in [2.45, 2.75) is 84.1 Å². The Kier molecular flexibility index (Phi) is 30.5. The number of nitrogens with zero attached hydrogens (tertiary/aromatic N) is 7. The molecule has 0 spiro atoms. The highest BCUT2D eigenvalue weighted by molar-refractivity contribution is 8.01. The smallest absolute Gasteiger partial charge is 0.417 e. The molecule has 0 atom stereocenters. The SMILES string of the molecule is CCc1c(C)nc2c(Cl)cccc2c1SCC(=O)O.Cc1nc(SCC(=O)O)c(C#N)c(C)c1Cl.N#Cc1c(-c2ccc(Cl)cc2)cc(C2CC2)nc1SCC(=O)O.O=C(CSc1ncccc1C(=O)O)c1ccc(Cl)cc1.O=C(O)CSc1ncc(C(F)(F)F)cc1Cl. The average Bonchev–Trinajstić information content (AvgIpc) is 1.23. The summed E-state index contributed by atoms with van der Waals surface area (Å²) in [5.74, 6) is -4.91. The van der Waals surface area contributed by atoms with Crippen molar-refractivity contribution < 1.29 is 67.5 Å². The van der Waals surface area contributed by atoms with Gasteiger partial charge in [0.2, 0.25) is 0 Å². The third-order valence-corrected chi connectivity index (χ3v) is 19.3. The zero-order valence-corrected chi connectivity index (χ0v) is 57.3. The molecule has 1 aliphatic carbocycles. The van der Waals surface area contributed by atoms with Gasteiger partial charge in [-0.15, -0.1) is 11.8 Å². The van der Waals surface area contributed by atoms with Crippen LogP contribution in [0.5, 0.6) is 0 Å². The van der Waals surface area contributed by atoms with Crippen LogP contribution in [0.25, 0.3) is 22.0 Å². The first-order valence-corrected chi connectivity index (χ1v) is 33.9. The molecule has 1 fully saturated rings. The van der Waals surface area contributed by atoms with Gasteiger partial charge in [0, 0.05) is 61.2 Å². The minimum Gasteiger partial charge on any atom is -0.481 e. The lowest BCUT2D eigenvalue weighted by Gasteiger charge is -2.13. The highest BCUT2D eigenvalue weighted by Gasteiger charge is 2.32. The van der Waals surface area contributed by atoms with Crippen molar-refractivity contribution in [3.63, 3.8) is 0 Å². The molecule has 0 aliphatic heterocycles. The molecule has 8 aromatic rings. The zero-order valence-electron chi connectivity index (χ0n) is 49.4. The number of nitriles is 2. The number of thioether (sulfide) groups is 5. The number of carbonyl (C=O) groups is 6. The van der Waals surface area contributed by atoms with E-state index >= 15 is 0 Å². The van der Waals surface area contributed by atoms with Gasteiger partial charge in [-0.05, 0) is 123 Å². The van der Waals surface area contributed by atoms with Gasteiger partial charge in [0.1, 0.15) is 32.2 Å². The van der Waals surface area contributed by atoms with Crippen LogP contribution in [-0.4, -0.2) is 115 Å². The molecule has 5 heterocycles. The first-order valence-electron chi connectivity index (χ1n) is 27.0. The number of benzene rings is 3. The molecule has 5 aromatic heterocycles. The number of aryl methyl sites for hydroxylation is 2. The van der Waals surface area contributed by atoms with E-state index in [0.717, 1.165) is 116 Å². The summed E-state index contributed by atoms with van der Waals surface area (Å²) < 4.78 is 36.6. The fourth-order valence-electron chi connectivity index (χ4n) is 7.92. The molecule has 0 unspecified atom stereocenters. The summed E-state index contributed by atoms with van der Waals surface area (Å²) in [4.78, 5) is 87.0. The predicted octanol–water partition coefficient (Wildman–Crippen LogP) is 17.0. The Balaban J connectivity index is 0.000000214. The lowest BCUT2D eigenvalue weighted by Crippen LogP contribution is -2.06. The number of Topliss-reactive ketones (excluding diaryl/α,β-unsaturated/α-hetero) is 1. The molecule has 9 rings (SSSR count). The molecule has 31 heteroatoms. The maximum atomic E-state index is 12.2. The fourth-order valence-corrected chi connectivity index (χ4v) is 12.9. The standard InChI is InChI=1S/C17H13ClN2O2S.C14H10ClNO3S.C14H14ClNO2S.C10H9ClN2O2S.C8H5ClF3NO2S/c18-12-5-3-10(4-6-12)13-7-15(11-1-2-11)20-17(14(13)8-19)23-9-16(21)22;15-10-5-3-9(4-6-10)12(17)8-20-13-11(14(18)19)2-1-7-16-13;1-3-9-8(2)16-13-10(5-4-6-11(13)15)14(9)19-7-12(17)18;1-5-7(3-12)10(16-4-8(14)15)13-6(2)9(5)11;9-5-1-4(8(10,11)12)2-13-7(5)16-3-6(14)15/h3-7,11H,1-2,9H2,(H,21,22);1-7H,8H2,(H,18,19);4-6H,3,7H2,1-2H3,(H,17,18);4H2,1-2H3,(H,14,15);1-2H,3H2,(H,14,15). The molecule has 18 nitrogen and oxygen atoms in total. The summed E-state index contributed by atoms with van der Waals surface area (Å²) in [6.45, 7) is 7.43. The molecule has 0 bridgehead atoms. The number of para-hydroxylation sites is 1. The molecule has 1 saturated carbocycles. The topological polar surface area (TPSA) is 316 Å². The molecule has 490 valence electrons. The minimum absolute atomic E-state index is 0.0397. The van der Waals surface area contributed by atoms with Crippen LogP contribution in [0.4, 0.5) is 13.2 Å². The number of hydrogen-bond donors (Lipinski definition) is 5. The molecule has 5 N–H and O–H groups in total. The number of carbonyl (C=O) groups excluding carboxylic acids is 1. The van der Waals surface area contributed by atoms with E-state index in [1.807, 2.05) is 50.2 Å². The second-order valence-corrected chi connectivity index (χ2v) is 26.1. The van der Waals surface area contributed by atoms with Crippen LogP contribution >= 0.6 is 117 Å². The quantitative estimate of drug-likeness (QED) is 0.0350. The van der Waals surface area contributed by atoms with Gasteiger partial charge in [0.25, 0.3) is 0 Å². The third kappa shape index (κ3) is 23.5.